The number of aromatic amines is 1. The van der Waals surface area contributed by atoms with E-state index in [2.05, 4.69) is 10.2 Å². The van der Waals surface area contributed by atoms with E-state index >= 15 is 0 Å². The monoisotopic (exact) mass is 280 g/mol. The van der Waals surface area contributed by atoms with E-state index in [0.717, 1.165) is 0 Å². The molecule has 0 aliphatic rings. The molecule has 2 aromatic rings. The lowest BCUT2D eigenvalue weighted by Gasteiger charge is -2.21. The average Bonchev–Trinajstić information content (AvgIpc) is 2.69. The van der Waals surface area contributed by atoms with E-state index in [-0.39, 0.29) is 4.90 Å². The lowest BCUT2D eigenvalue weighted by Crippen LogP contribution is -2.28. The molecule has 1 heterocycles. The van der Waals surface area contributed by atoms with Crippen molar-refractivity contribution < 1.29 is 8.42 Å². The molecule has 0 aliphatic heterocycles. The van der Waals surface area contributed by atoms with Crippen LogP contribution in [0.1, 0.15) is 11.4 Å². The van der Waals surface area contributed by atoms with Crippen LogP contribution in [0, 0.1) is 13.8 Å². The van der Waals surface area contributed by atoms with Crippen molar-refractivity contribution in [2.24, 2.45) is 0 Å². The molecule has 0 aliphatic carbocycles. The van der Waals surface area contributed by atoms with Crippen LogP contribution in [0.4, 0.5) is 11.4 Å². The fourth-order valence-electron chi connectivity index (χ4n) is 1.96. The van der Waals surface area contributed by atoms with Crippen molar-refractivity contribution in [3.63, 3.8) is 0 Å². The average molecular weight is 280 g/mol. The fourth-order valence-corrected chi connectivity index (χ4v) is 3.51. The highest BCUT2D eigenvalue weighted by atomic mass is 32.2. The van der Waals surface area contributed by atoms with Gasteiger partial charge in [0.2, 0.25) is 0 Å². The number of nitrogen functional groups attached to an aromatic ring is 1. The number of nitrogens with zero attached hydrogens (tertiary/aromatic N) is 2. The summed E-state index contributed by atoms with van der Waals surface area (Å²) in [4.78, 5) is 0.193. The molecule has 7 heteroatoms. The van der Waals surface area contributed by atoms with Crippen molar-refractivity contribution in [2.75, 3.05) is 17.1 Å². The van der Waals surface area contributed by atoms with Crippen LogP contribution < -0.4 is 10.0 Å². The summed E-state index contributed by atoms with van der Waals surface area (Å²) in [7, 11) is -2.19. The topological polar surface area (TPSA) is 92.1 Å². The predicted octanol–water partition coefficient (Wildman–Crippen LogP) is 1.43. The van der Waals surface area contributed by atoms with Gasteiger partial charge in [-0.1, -0.05) is 12.1 Å². The van der Waals surface area contributed by atoms with E-state index in [4.69, 9.17) is 5.73 Å². The number of benzene rings is 1. The number of H-pyrrole nitrogens is 1. The summed E-state index contributed by atoms with van der Waals surface area (Å²) in [5.41, 5.74) is 7.63. The minimum atomic E-state index is -3.67. The molecule has 0 unspecified atom stereocenters. The Morgan fingerprint density at radius 3 is 2.42 bits per heavy atom. The molecule has 0 atom stereocenters. The van der Waals surface area contributed by atoms with Gasteiger partial charge < -0.3 is 5.73 Å². The van der Waals surface area contributed by atoms with Crippen molar-refractivity contribution in [3.05, 3.63) is 35.7 Å². The van der Waals surface area contributed by atoms with E-state index < -0.39 is 10.0 Å². The Morgan fingerprint density at radius 2 is 1.89 bits per heavy atom. The minimum absolute atomic E-state index is 0.193. The number of sulfonamides is 1. The minimum Gasteiger partial charge on any atom is -0.397 e. The van der Waals surface area contributed by atoms with Crippen LogP contribution in [0.15, 0.2) is 29.2 Å². The van der Waals surface area contributed by atoms with Crippen LogP contribution in [-0.4, -0.2) is 25.7 Å². The Kier molecular flexibility index (Phi) is 3.23. The zero-order valence-corrected chi connectivity index (χ0v) is 11.8. The Hall–Kier alpha value is -2.02. The summed E-state index contributed by atoms with van der Waals surface area (Å²) >= 11 is 0. The molecule has 1 aromatic carbocycles. The van der Waals surface area contributed by atoms with Crippen molar-refractivity contribution in [1.82, 2.24) is 10.2 Å². The van der Waals surface area contributed by atoms with E-state index in [1.807, 2.05) is 0 Å². The number of aromatic nitrogens is 2. The molecular weight excluding hydrogens is 264 g/mol. The second-order valence-electron chi connectivity index (χ2n) is 4.29. The van der Waals surface area contributed by atoms with Gasteiger partial charge in [-0.15, -0.1) is 0 Å². The SMILES string of the molecule is Cc1n[nH]c(C)c1S(=O)(=O)N(C)c1ccccc1N. The van der Waals surface area contributed by atoms with E-state index in [9.17, 15) is 8.42 Å². The van der Waals surface area contributed by atoms with Gasteiger partial charge in [0, 0.05) is 7.05 Å². The number of rotatable bonds is 3. The smallest absolute Gasteiger partial charge is 0.267 e. The Balaban J connectivity index is 2.55. The summed E-state index contributed by atoms with van der Waals surface area (Å²) in [6.45, 7) is 3.33. The van der Waals surface area contributed by atoms with Crippen molar-refractivity contribution in [1.29, 1.82) is 0 Å². The molecule has 0 amide bonds. The first-order chi connectivity index (χ1) is 8.85. The maximum atomic E-state index is 12.6. The predicted molar refractivity (Wildman–Crippen MR) is 74.5 cm³/mol. The number of aryl methyl sites for hydroxylation is 2. The van der Waals surface area contributed by atoms with E-state index in [1.165, 1.54) is 11.4 Å². The number of anilines is 2. The molecule has 3 N–H and O–H groups in total. The molecule has 19 heavy (non-hydrogen) atoms. The molecule has 0 fully saturated rings. The summed E-state index contributed by atoms with van der Waals surface area (Å²) in [5.74, 6) is 0. The highest BCUT2D eigenvalue weighted by molar-refractivity contribution is 7.93. The number of hydrogen-bond acceptors (Lipinski definition) is 4. The van der Waals surface area contributed by atoms with Gasteiger partial charge in [0.25, 0.3) is 10.0 Å². The maximum Gasteiger partial charge on any atom is 0.267 e. The summed E-state index contributed by atoms with van der Waals surface area (Å²) in [6, 6.07) is 6.83. The summed E-state index contributed by atoms with van der Waals surface area (Å²) in [6.07, 6.45) is 0. The zero-order chi connectivity index (χ0) is 14.2. The van der Waals surface area contributed by atoms with Gasteiger partial charge in [-0.05, 0) is 26.0 Å². The molecule has 0 saturated carbocycles. The lowest BCUT2D eigenvalue weighted by molar-refractivity contribution is 0.593. The number of nitrogens with two attached hydrogens (primary N) is 1. The highest BCUT2D eigenvalue weighted by Crippen LogP contribution is 2.29. The second-order valence-corrected chi connectivity index (χ2v) is 6.20. The molecular formula is C12H16N4O2S. The summed E-state index contributed by atoms with van der Waals surface area (Å²) < 4.78 is 26.4. The molecule has 102 valence electrons. The number of para-hydroxylation sites is 2. The molecule has 0 radical (unpaired) electrons. The van der Waals surface area contributed by atoms with Gasteiger partial charge in [0.1, 0.15) is 4.90 Å². The third-order valence-electron chi connectivity index (χ3n) is 2.96. The highest BCUT2D eigenvalue weighted by Gasteiger charge is 2.28. The van der Waals surface area contributed by atoms with E-state index in [0.29, 0.717) is 22.8 Å². The quantitative estimate of drug-likeness (QED) is 0.832. The normalized spacial score (nSPS) is 11.5. The van der Waals surface area contributed by atoms with Crippen LogP contribution >= 0.6 is 0 Å². The van der Waals surface area contributed by atoms with Gasteiger partial charge in [-0.3, -0.25) is 9.40 Å². The van der Waals surface area contributed by atoms with Crippen LogP contribution in [0.2, 0.25) is 0 Å². The van der Waals surface area contributed by atoms with Crippen LogP contribution in [0.5, 0.6) is 0 Å². The van der Waals surface area contributed by atoms with Crippen molar-refractivity contribution in [3.8, 4) is 0 Å². The van der Waals surface area contributed by atoms with Crippen molar-refractivity contribution in [2.45, 2.75) is 18.7 Å². The Bertz CT molecular complexity index is 687. The van der Waals surface area contributed by atoms with Gasteiger partial charge in [-0.2, -0.15) is 5.10 Å². The molecule has 0 saturated heterocycles. The first-order valence-corrected chi connectivity index (χ1v) is 7.14. The van der Waals surface area contributed by atoms with Crippen molar-refractivity contribution >= 4 is 21.4 Å². The number of nitrogens with one attached hydrogen (secondary N) is 1. The maximum absolute atomic E-state index is 12.6. The zero-order valence-electron chi connectivity index (χ0n) is 11.0. The molecule has 0 spiro atoms. The van der Waals surface area contributed by atoms with Gasteiger partial charge in [0.05, 0.1) is 22.8 Å². The summed E-state index contributed by atoms with van der Waals surface area (Å²) in [5, 5.41) is 6.60. The third-order valence-corrected chi connectivity index (χ3v) is 4.99. The molecule has 2 rings (SSSR count). The van der Waals surface area contributed by atoms with Crippen LogP contribution in [0.25, 0.3) is 0 Å². The fraction of sp³-hybridized carbons (Fsp3) is 0.250. The number of hydrogen-bond donors (Lipinski definition) is 2. The van der Waals surface area contributed by atoms with Gasteiger partial charge in [0.15, 0.2) is 0 Å². The molecule has 0 bridgehead atoms. The Labute approximate surface area is 112 Å². The van der Waals surface area contributed by atoms with Gasteiger partial charge in [-0.25, -0.2) is 8.42 Å². The largest absolute Gasteiger partial charge is 0.397 e. The molecule has 6 nitrogen and oxygen atoms in total. The molecule has 1 aromatic heterocycles. The second kappa shape index (κ2) is 4.58. The first-order valence-electron chi connectivity index (χ1n) is 5.70. The third kappa shape index (κ3) is 2.17. The first kappa shape index (κ1) is 13.4. The van der Waals surface area contributed by atoms with Gasteiger partial charge >= 0.3 is 0 Å². The standard InChI is InChI=1S/C12H16N4O2S/c1-8-12(9(2)15-14-8)19(17,18)16(3)11-7-5-4-6-10(11)13/h4-7H,13H2,1-3H3,(H,14,15). The van der Waals surface area contributed by atoms with Crippen LogP contribution in [-0.2, 0) is 10.0 Å². The van der Waals surface area contributed by atoms with E-state index in [1.54, 1.807) is 38.1 Å². The Morgan fingerprint density at radius 1 is 1.26 bits per heavy atom. The van der Waals surface area contributed by atoms with Crippen LogP contribution in [0.3, 0.4) is 0 Å². The lowest BCUT2D eigenvalue weighted by atomic mass is 10.3.